The Hall–Kier alpha value is -2.56. The van der Waals surface area contributed by atoms with E-state index in [1.165, 1.54) is 11.8 Å². The van der Waals surface area contributed by atoms with Crippen molar-refractivity contribution in [3.05, 3.63) is 54.1 Å². The quantitative estimate of drug-likeness (QED) is 0.535. The van der Waals surface area contributed by atoms with E-state index in [0.29, 0.717) is 11.4 Å². The van der Waals surface area contributed by atoms with Crippen LogP contribution in [0.1, 0.15) is 25.3 Å². The maximum Gasteiger partial charge on any atom is 0.241 e. The Balaban J connectivity index is 1.53. The highest BCUT2D eigenvalue weighted by Crippen LogP contribution is 2.23. The van der Waals surface area contributed by atoms with Crippen LogP contribution in [0.25, 0.3) is 0 Å². The topological polar surface area (TPSA) is 114 Å². The number of rotatable bonds is 8. The lowest BCUT2D eigenvalue weighted by molar-refractivity contribution is -0.122. The van der Waals surface area contributed by atoms with Gasteiger partial charge in [-0.15, -0.1) is 11.8 Å². The molecule has 0 saturated carbocycles. The zero-order valence-corrected chi connectivity index (χ0v) is 19.8. The van der Waals surface area contributed by atoms with Gasteiger partial charge < -0.3 is 15.4 Å². The second-order valence-corrected chi connectivity index (χ2v) is 10.9. The van der Waals surface area contributed by atoms with E-state index in [2.05, 4.69) is 16.0 Å². The molecule has 2 amide bonds. The number of hydrogen-bond donors (Lipinski definition) is 3. The van der Waals surface area contributed by atoms with Crippen molar-refractivity contribution in [2.75, 3.05) is 24.7 Å². The summed E-state index contributed by atoms with van der Waals surface area (Å²) in [6.45, 7) is 4.02. The van der Waals surface area contributed by atoms with Crippen molar-refractivity contribution in [3.63, 3.8) is 0 Å². The number of carbonyl (C=O) groups is 2. The van der Waals surface area contributed by atoms with Crippen molar-refractivity contribution in [2.45, 2.75) is 35.4 Å². The molecule has 3 rings (SSSR count). The summed E-state index contributed by atoms with van der Waals surface area (Å²) >= 11 is 1.18. The molecule has 2 atom stereocenters. The summed E-state index contributed by atoms with van der Waals surface area (Å²) in [4.78, 5) is 24.8. The number of anilines is 1. The number of amides is 2. The maximum absolute atomic E-state index is 12.9. The lowest BCUT2D eigenvalue weighted by atomic mass is 10.0. The first kappa shape index (κ1) is 24.1. The third-order valence-electron chi connectivity index (χ3n) is 5.06. The van der Waals surface area contributed by atoms with Gasteiger partial charge in [0.15, 0.2) is 15.1 Å². The van der Waals surface area contributed by atoms with Gasteiger partial charge in [-0.05, 0) is 47.9 Å². The Morgan fingerprint density at radius 2 is 1.81 bits per heavy atom. The van der Waals surface area contributed by atoms with E-state index in [4.69, 9.17) is 4.74 Å². The smallest absolute Gasteiger partial charge is 0.241 e. The molecule has 8 nitrogen and oxygen atoms in total. The number of methoxy groups -OCH3 is 1. The Morgan fingerprint density at radius 3 is 2.38 bits per heavy atom. The van der Waals surface area contributed by atoms with Gasteiger partial charge in [-0.1, -0.05) is 26.0 Å². The molecular weight excluding hydrogens is 450 g/mol. The Bertz CT molecular complexity index is 1050. The fourth-order valence-electron chi connectivity index (χ4n) is 3.17. The van der Waals surface area contributed by atoms with Crippen molar-refractivity contribution in [1.82, 2.24) is 10.6 Å². The zero-order valence-electron chi connectivity index (χ0n) is 18.1. The number of hydrogen-bond acceptors (Lipinski definition) is 7. The van der Waals surface area contributed by atoms with Crippen molar-refractivity contribution in [2.24, 2.45) is 0 Å². The minimum atomic E-state index is -3.83. The number of carbonyl (C=O) groups excluding carboxylic acids is 2. The lowest BCUT2D eigenvalue weighted by Gasteiger charge is -2.29. The van der Waals surface area contributed by atoms with Gasteiger partial charge in [0.05, 0.1) is 17.8 Å². The molecule has 0 spiro atoms. The normalized spacial score (nSPS) is 18.8. The van der Waals surface area contributed by atoms with E-state index in [9.17, 15) is 18.0 Å². The van der Waals surface area contributed by atoms with Crippen LogP contribution >= 0.6 is 11.8 Å². The summed E-state index contributed by atoms with van der Waals surface area (Å²) in [7, 11) is -2.26. The Labute approximate surface area is 192 Å². The van der Waals surface area contributed by atoms with Crippen molar-refractivity contribution < 1.29 is 22.7 Å². The van der Waals surface area contributed by atoms with E-state index < -0.39 is 26.5 Å². The van der Waals surface area contributed by atoms with Crippen LogP contribution in [-0.2, 0) is 19.4 Å². The molecule has 0 radical (unpaired) electrons. The van der Waals surface area contributed by atoms with Crippen LogP contribution in [0, 0.1) is 0 Å². The van der Waals surface area contributed by atoms with Gasteiger partial charge in [-0.3, -0.25) is 14.9 Å². The van der Waals surface area contributed by atoms with Crippen molar-refractivity contribution in [1.29, 1.82) is 0 Å². The lowest BCUT2D eigenvalue weighted by Crippen LogP contribution is -2.59. The highest BCUT2D eigenvalue weighted by molar-refractivity contribution is 8.00. The predicted octanol–water partition coefficient (Wildman–Crippen LogP) is 2.34. The number of nitrogens with one attached hydrogen (secondary N) is 3. The Kier molecular flexibility index (Phi) is 7.81. The first-order valence-electron chi connectivity index (χ1n) is 10.1. The molecule has 172 valence electrons. The molecule has 2 aromatic rings. The van der Waals surface area contributed by atoms with Gasteiger partial charge in [0, 0.05) is 12.2 Å². The monoisotopic (exact) mass is 477 g/mol. The molecule has 10 heteroatoms. The van der Waals surface area contributed by atoms with Gasteiger partial charge in [0.2, 0.25) is 11.8 Å². The SMILES string of the molecule is COc1ccc(NC(=O)CSC2NCC(S(=O)(=O)c3ccc(C(C)C)cc3)C(=O)N2)cc1. The van der Waals surface area contributed by atoms with E-state index in [0.717, 1.165) is 5.56 Å². The molecule has 0 aromatic heterocycles. The highest BCUT2D eigenvalue weighted by Gasteiger charge is 2.38. The second-order valence-electron chi connectivity index (χ2n) is 7.64. The molecule has 3 N–H and O–H groups in total. The minimum absolute atomic E-state index is 0.0299. The van der Waals surface area contributed by atoms with E-state index in [-0.39, 0.29) is 29.0 Å². The number of sulfone groups is 1. The molecular formula is C22H27N3O5S2. The molecule has 32 heavy (non-hydrogen) atoms. The van der Waals surface area contributed by atoms with Gasteiger partial charge in [0.1, 0.15) is 11.2 Å². The summed E-state index contributed by atoms with van der Waals surface area (Å²) in [5.41, 5.74) is 1.10. The number of thioether (sulfide) groups is 1. The van der Waals surface area contributed by atoms with Crippen LogP contribution in [-0.4, -0.2) is 50.4 Å². The summed E-state index contributed by atoms with van der Waals surface area (Å²) < 4.78 is 30.9. The van der Waals surface area contributed by atoms with E-state index in [1.54, 1.807) is 55.6 Å². The van der Waals surface area contributed by atoms with Crippen LogP contribution in [0.5, 0.6) is 5.75 Å². The van der Waals surface area contributed by atoms with Gasteiger partial charge in [-0.2, -0.15) is 0 Å². The zero-order chi connectivity index (χ0) is 23.3. The summed E-state index contributed by atoms with van der Waals surface area (Å²) in [6.07, 6.45) is 0. The molecule has 1 heterocycles. The molecule has 2 unspecified atom stereocenters. The first-order chi connectivity index (χ1) is 15.2. The largest absolute Gasteiger partial charge is 0.497 e. The average Bonchev–Trinajstić information content (AvgIpc) is 2.78. The van der Waals surface area contributed by atoms with Crippen LogP contribution in [0.3, 0.4) is 0 Å². The molecule has 2 aromatic carbocycles. The Morgan fingerprint density at radius 1 is 1.16 bits per heavy atom. The van der Waals surface area contributed by atoms with Crippen LogP contribution in [0.2, 0.25) is 0 Å². The third-order valence-corrected chi connectivity index (χ3v) is 8.16. The van der Waals surface area contributed by atoms with Crippen LogP contribution in [0.4, 0.5) is 5.69 Å². The fourth-order valence-corrected chi connectivity index (χ4v) is 5.48. The van der Waals surface area contributed by atoms with Gasteiger partial charge in [-0.25, -0.2) is 8.42 Å². The number of benzene rings is 2. The third kappa shape index (κ3) is 5.81. The standard InChI is InChI=1S/C22H27N3O5S2/c1-14(2)15-4-10-18(11-5-15)32(28,29)19-12-23-22(25-21(19)27)31-13-20(26)24-16-6-8-17(30-3)9-7-16/h4-11,14,19,22-23H,12-13H2,1-3H3,(H,24,26)(H,25,27). The van der Waals surface area contributed by atoms with E-state index in [1.807, 2.05) is 13.8 Å². The molecule has 1 aliphatic heterocycles. The van der Waals surface area contributed by atoms with Crippen molar-refractivity contribution in [3.8, 4) is 5.75 Å². The molecule has 1 saturated heterocycles. The van der Waals surface area contributed by atoms with Crippen molar-refractivity contribution >= 4 is 39.1 Å². The summed E-state index contributed by atoms with van der Waals surface area (Å²) in [6, 6.07) is 13.6. The highest BCUT2D eigenvalue weighted by atomic mass is 32.2. The van der Waals surface area contributed by atoms with Gasteiger partial charge in [0.25, 0.3) is 0 Å². The first-order valence-corrected chi connectivity index (χ1v) is 12.7. The summed E-state index contributed by atoms with van der Waals surface area (Å²) in [5.74, 6) is 0.233. The molecule has 1 aliphatic rings. The summed E-state index contributed by atoms with van der Waals surface area (Å²) in [5, 5.41) is 7.17. The van der Waals surface area contributed by atoms with Gasteiger partial charge >= 0.3 is 0 Å². The predicted molar refractivity (Wildman–Crippen MR) is 126 cm³/mol. The molecule has 1 fully saturated rings. The second kappa shape index (κ2) is 10.4. The minimum Gasteiger partial charge on any atom is -0.497 e. The molecule has 0 bridgehead atoms. The fraction of sp³-hybridized carbons (Fsp3) is 0.364. The van der Waals surface area contributed by atoms with E-state index >= 15 is 0 Å². The van der Waals surface area contributed by atoms with Crippen LogP contribution < -0.4 is 20.7 Å². The maximum atomic E-state index is 12.9. The average molecular weight is 478 g/mol. The molecule has 0 aliphatic carbocycles. The van der Waals surface area contributed by atoms with Crippen LogP contribution in [0.15, 0.2) is 53.4 Å². The number of ether oxygens (including phenoxy) is 1.